The predicted molar refractivity (Wildman–Crippen MR) is 91.6 cm³/mol. The minimum absolute atomic E-state index is 0.0975. The Balaban J connectivity index is 3.02. The van der Waals surface area contributed by atoms with E-state index in [2.05, 4.69) is 12.2 Å². The van der Waals surface area contributed by atoms with Gasteiger partial charge >= 0.3 is 0 Å². The summed E-state index contributed by atoms with van der Waals surface area (Å²) in [7, 11) is 0. The second kappa shape index (κ2) is 8.92. The third-order valence-corrected chi connectivity index (χ3v) is 4.72. The summed E-state index contributed by atoms with van der Waals surface area (Å²) in [4.78, 5) is 24.1. The molecule has 3 nitrogen and oxygen atoms in total. The number of carbonyl (C=O) groups is 2. The highest BCUT2D eigenvalue weighted by Gasteiger charge is 2.21. The number of nitrogens with one attached hydrogen (secondary N) is 1. The van der Waals surface area contributed by atoms with Gasteiger partial charge in [-0.1, -0.05) is 26.3 Å². The largest absolute Gasteiger partial charge is 0.381 e. The Hall–Kier alpha value is -1.38. The van der Waals surface area contributed by atoms with E-state index in [4.69, 9.17) is 0 Å². The summed E-state index contributed by atoms with van der Waals surface area (Å²) in [6.07, 6.45) is 5.88. The van der Waals surface area contributed by atoms with Crippen molar-refractivity contribution in [2.75, 3.05) is 6.54 Å². The van der Waals surface area contributed by atoms with Crippen LogP contribution in [0, 0.1) is 5.92 Å². The zero-order chi connectivity index (χ0) is 16.7. The van der Waals surface area contributed by atoms with Crippen molar-refractivity contribution in [3.63, 3.8) is 0 Å². The van der Waals surface area contributed by atoms with Crippen LogP contribution in [-0.4, -0.2) is 18.1 Å². The first kappa shape index (κ1) is 18.7. The summed E-state index contributed by atoms with van der Waals surface area (Å²) >= 11 is 0. The molecular formula is C19H31NO2. The highest BCUT2D eigenvalue weighted by molar-refractivity contribution is 5.98. The van der Waals surface area contributed by atoms with E-state index in [0.717, 1.165) is 60.9 Å². The van der Waals surface area contributed by atoms with Gasteiger partial charge in [-0.15, -0.1) is 0 Å². The molecule has 1 N–H and O–H groups in total. The van der Waals surface area contributed by atoms with E-state index in [9.17, 15) is 9.59 Å². The highest BCUT2D eigenvalue weighted by atomic mass is 16.1. The van der Waals surface area contributed by atoms with Crippen LogP contribution in [0.4, 0.5) is 0 Å². The predicted octanol–water partition coefficient (Wildman–Crippen LogP) is 4.33. The molecule has 0 aliphatic heterocycles. The zero-order valence-corrected chi connectivity index (χ0v) is 14.8. The van der Waals surface area contributed by atoms with Crippen LogP contribution in [0.25, 0.3) is 0 Å². The first-order valence-corrected chi connectivity index (χ1v) is 8.61. The molecule has 0 radical (unpaired) electrons. The van der Waals surface area contributed by atoms with Crippen LogP contribution in [0.15, 0.2) is 22.4 Å². The number of ketones is 2. The Morgan fingerprint density at radius 2 is 1.77 bits per heavy atom. The van der Waals surface area contributed by atoms with Crippen LogP contribution in [0.3, 0.4) is 0 Å². The summed E-state index contributed by atoms with van der Waals surface area (Å²) in [6, 6.07) is 0. The summed E-state index contributed by atoms with van der Waals surface area (Å²) in [5.74, 6) is 0.490. The van der Waals surface area contributed by atoms with Crippen LogP contribution in [0.2, 0.25) is 0 Å². The lowest BCUT2D eigenvalue weighted by molar-refractivity contribution is -0.121. The van der Waals surface area contributed by atoms with E-state index in [1.54, 1.807) is 6.92 Å². The molecule has 1 aliphatic carbocycles. The third kappa shape index (κ3) is 4.82. The van der Waals surface area contributed by atoms with Crippen LogP contribution in [0.5, 0.6) is 0 Å². The molecule has 0 heterocycles. The Morgan fingerprint density at radius 3 is 2.32 bits per heavy atom. The highest BCUT2D eigenvalue weighted by Crippen LogP contribution is 2.31. The molecule has 1 atom stereocenters. The Kier molecular flexibility index (Phi) is 7.57. The minimum Gasteiger partial charge on any atom is -0.381 e. The van der Waals surface area contributed by atoms with Crippen molar-refractivity contribution in [1.82, 2.24) is 5.32 Å². The molecule has 0 spiro atoms. The first-order valence-electron chi connectivity index (χ1n) is 8.61. The topological polar surface area (TPSA) is 46.2 Å². The fraction of sp³-hybridized carbons (Fsp3) is 0.684. The van der Waals surface area contributed by atoms with Gasteiger partial charge < -0.3 is 5.32 Å². The lowest BCUT2D eigenvalue weighted by Crippen LogP contribution is -2.29. The van der Waals surface area contributed by atoms with E-state index >= 15 is 0 Å². The minimum atomic E-state index is 0.0975. The standard InChI is InChI=1S/C19H31NO2/c1-6-13(3)18(22)12-20-17-11-9-8-10-16(17)19(15(5)21)14(4)7-2/h13,20H,6-12H2,1-5H3. The van der Waals surface area contributed by atoms with Gasteiger partial charge in [0.1, 0.15) is 0 Å². The van der Waals surface area contributed by atoms with Crippen molar-refractivity contribution in [3.05, 3.63) is 22.4 Å². The average molecular weight is 305 g/mol. The van der Waals surface area contributed by atoms with Crippen molar-refractivity contribution in [3.8, 4) is 0 Å². The molecule has 0 saturated carbocycles. The van der Waals surface area contributed by atoms with Gasteiger partial charge in [0, 0.05) is 17.2 Å². The van der Waals surface area contributed by atoms with Gasteiger partial charge in [-0.2, -0.15) is 0 Å². The van der Waals surface area contributed by atoms with Gasteiger partial charge in [0.25, 0.3) is 0 Å². The molecule has 1 rings (SSSR count). The Labute approximate surface area is 135 Å². The van der Waals surface area contributed by atoms with Crippen LogP contribution in [0.1, 0.15) is 73.1 Å². The van der Waals surface area contributed by atoms with E-state index in [1.807, 2.05) is 20.8 Å². The third-order valence-electron chi connectivity index (χ3n) is 4.72. The molecule has 3 heteroatoms. The number of hydrogen-bond acceptors (Lipinski definition) is 3. The summed E-state index contributed by atoms with van der Waals surface area (Å²) in [5, 5.41) is 3.34. The monoisotopic (exact) mass is 305 g/mol. The molecule has 1 aliphatic rings. The van der Waals surface area contributed by atoms with Crippen molar-refractivity contribution in [2.24, 2.45) is 5.92 Å². The fourth-order valence-electron chi connectivity index (χ4n) is 2.92. The lowest BCUT2D eigenvalue weighted by atomic mass is 9.86. The smallest absolute Gasteiger partial charge is 0.160 e. The molecular weight excluding hydrogens is 274 g/mol. The first-order chi connectivity index (χ1) is 10.4. The van der Waals surface area contributed by atoms with Crippen LogP contribution < -0.4 is 5.32 Å². The van der Waals surface area contributed by atoms with Gasteiger partial charge in [-0.05, 0) is 57.9 Å². The second-order valence-corrected chi connectivity index (χ2v) is 6.36. The van der Waals surface area contributed by atoms with Crippen LogP contribution in [-0.2, 0) is 9.59 Å². The number of rotatable bonds is 8. The maximum Gasteiger partial charge on any atom is 0.160 e. The van der Waals surface area contributed by atoms with Gasteiger partial charge in [0.2, 0.25) is 0 Å². The van der Waals surface area contributed by atoms with E-state index in [1.165, 1.54) is 0 Å². The molecule has 0 bridgehead atoms. The zero-order valence-electron chi connectivity index (χ0n) is 14.8. The Bertz CT molecular complexity index is 486. The van der Waals surface area contributed by atoms with E-state index in [-0.39, 0.29) is 17.5 Å². The summed E-state index contributed by atoms with van der Waals surface area (Å²) in [5.41, 5.74) is 4.30. The van der Waals surface area contributed by atoms with E-state index in [0.29, 0.717) is 6.54 Å². The van der Waals surface area contributed by atoms with Gasteiger partial charge in [0.15, 0.2) is 11.6 Å². The maximum absolute atomic E-state index is 12.1. The number of Topliss-reactive ketones (excluding diaryl/α,β-unsaturated/α-hetero) is 2. The molecule has 124 valence electrons. The lowest BCUT2D eigenvalue weighted by Gasteiger charge is -2.24. The van der Waals surface area contributed by atoms with Crippen molar-refractivity contribution >= 4 is 11.6 Å². The SMILES string of the molecule is CCC(C)=C(C(C)=O)C1=C(NCC(=O)C(C)CC)CCCC1. The molecule has 0 saturated heterocycles. The van der Waals surface area contributed by atoms with Gasteiger partial charge in [-0.3, -0.25) is 9.59 Å². The second-order valence-electron chi connectivity index (χ2n) is 6.36. The van der Waals surface area contributed by atoms with Gasteiger partial charge in [-0.25, -0.2) is 0 Å². The molecule has 0 aromatic rings. The quantitative estimate of drug-likeness (QED) is 0.679. The maximum atomic E-state index is 12.1. The van der Waals surface area contributed by atoms with Crippen molar-refractivity contribution in [2.45, 2.75) is 73.1 Å². The molecule has 0 aromatic heterocycles. The number of allylic oxidation sites excluding steroid dienone is 4. The van der Waals surface area contributed by atoms with Crippen molar-refractivity contribution in [1.29, 1.82) is 0 Å². The Morgan fingerprint density at radius 1 is 1.14 bits per heavy atom. The molecule has 0 amide bonds. The van der Waals surface area contributed by atoms with E-state index < -0.39 is 0 Å². The summed E-state index contributed by atoms with van der Waals surface area (Å²) in [6.45, 7) is 10.2. The molecule has 0 aromatic carbocycles. The van der Waals surface area contributed by atoms with Crippen LogP contribution >= 0.6 is 0 Å². The normalized spacial score (nSPS) is 17.9. The summed E-state index contributed by atoms with van der Waals surface area (Å²) < 4.78 is 0. The number of hydrogen-bond donors (Lipinski definition) is 1. The van der Waals surface area contributed by atoms with Crippen molar-refractivity contribution < 1.29 is 9.59 Å². The fourth-order valence-corrected chi connectivity index (χ4v) is 2.92. The molecule has 1 unspecified atom stereocenters. The molecule has 0 fully saturated rings. The molecule has 22 heavy (non-hydrogen) atoms. The number of carbonyl (C=O) groups excluding carboxylic acids is 2. The van der Waals surface area contributed by atoms with Gasteiger partial charge in [0.05, 0.1) is 6.54 Å². The average Bonchev–Trinajstić information content (AvgIpc) is 2.52.